The quantitative estimate of drug-likeness (QED) is 0.635. The van der Waals surface area contributed by atoms with Crippen LogP contribution < -0.4 is 5.32 Å². The number of para-hydroxylation sites is 2. The van der Waals surface area contributed by atoms with Gasteiger partial charge >= 0.3 is 0 Å². The molecule has 0 radical (unpaired) electrons. The van der Waals surface area contributed by atoms with Crippen LogP contribution in [0.3, 0.4) is 0 Å². The zero-order valence-corrected chi connectivity index (χ0v) is 17.4. The largest absolute Gasteiger partial charge is 0.357 e. The number of benzene rings is 1. The number of guanidine groups is 1. The Morgan fingerprint density at radius 3 is 2.78 bits per heavy atom. The predicted octanol–water partition coefficient (Wildman–Crippen LogP) is 1.82. The van der Waals surface area contributed by atoms with Gasteiger partial charge in [-0.2, -0.15) is 0 Å². The number of aliphatic imine (C=N–C) groups is 1. The van der Waals surface area contributed by atoms with Crippen LogP contribution in [0, 0.1) is 6.92 Å². The SMILES string of the molecule is CCNC(=NCCn1c(C)nc2ccccc21)N1CCS(=O)(=O)C(C)(C)C1. The van der Waals surface area contributed by atoms with Gasteiger partial charge in [-0.15, -0.1) is 0 Å². The number of nitrogens with zero attached hydrogens (tertiary/aromatic N) is 4. The summed E-state index contributed by atoms with van der Waals surface area (Å²) in [6.45, 7) is 10.6. The van der Waals surface area contributed by atoms with Crippen LogP contribution in [-0.2, 0) is 16.4 Å². The van der Waals surface area contributed by atoms with E-state index in [1.165, 1.54) is 0 Å². The minimum Gasteiger partial charge on any atom is -0.357 e. The molecule has 7 nitrogen and oxygen atoms in total. The first-order valence-corrected chi connectivity index (χ1v) is 11.1. The van der Waals surface area contributed by atoms with Gasteiger partial charge in [0.05, 0.1) is 28.1 Å². The molecule has 0 amide bonds. The Hall–Kier alpha value is -2.09. The van der Waals surface area contributed by atoms with E-state index < -0.39 is 14.6 Å². The van der Waals surface area contributed by atoms with Gasteiger partial charge in [0.1, 0.15) is 5.82 Å². The molecule has 1 aliphatic heterocycles. The molecule has 1 saturated heterocycles. The highest BCUT2D eigenvalue weighted by atomic mass is 32.2. The second-order valence-electron chi connectivity index (χ2n) is 7.54. The smallest absolute Gasteiger partial charge is 0.194 e. The van der Waals surface area contributed by atoms with Crippen molar-refractivity contribution in [2.24, 2.45) is 4.99 Å². The van der Waals surface area contributed by atoms with Gasteiger partial charge in [0.15, 0.2) is 15.8 Å². The molecule has 8 heteroatoms. The predicted molar refractivity (Wildman–Crippen MR) is 110 cm³/mol. The third-order valence-corrected chi connectivity index (χ3v) is 7.64. The molecule has 0 atom stereocenters. The van der Waals surface area contributed by atoms with Crippen LogP contribution in [0.5, 0.6) is 0 Å². The summed E-state index contributed by atoms with van der Waals surface area (Å²) in [5.74, 6) is 1.92. The van der Waals surface area contributed by atoms with E-state index in [4.69, 9.17) is 4.99 Å². The molecule has 0 aliphatic carbocycles. The van der Waals surface area contributed by atoms with Crippen molar-refractivity contribution in [3.63, 3.8) is 0 Å². The van der Waals surface area contributed by atoms with E-state index in [2.05, 4.69) is 25.8 Å². The molecule has 2 aromatic rings. The highest BCUT2D eigenvalue weighted by Crippen LogP contribution is 2.23. The normalized spacial score (nSPS) is 19.4. The molecule has 0 saturated carbocycles. The first-order chi connectivity index (χ1) is 12.7. The summed E-state index contributed by atoms with van der Waals surface area (Å²) in [6, 6.07) is 8.10. The number of imidazole rings is 1. The highest BCUT2D eigenvalue weighted by molar-refractivity contribution is 7.92. The molecular weight excluding hydrogens is 362 g/mol. The van der Waals surface area contributed by atoms with Gasteiger partial charge in [-0.25, -0.2) is 13.4 Å². The summed E-state index contributed by atoms with van der Waals surface area (Å²) in [5.41, 5.74) is 2.11. The fourth-order valence-electron chi connectivity index (χ4n) is 3.48. The first-order valence-electron chi connectivity index (χ1n) is 9.42. The van der Waals surface area contributed by atoms with E-state index in [0.29, 0.717) is 19.6 Å². The summed E-state index contributed by atoms with van der Waals surface area (Å²) in [4.78, 5) is 11.4. The second-order valence-corrected chi connectivity index (χ2v) is 10.3. The molecule has 1 aliphatic rings. The molecule has 1 aromatic heterocycles. The summed E-state index contributed by atoms with van der Waals surface area (Å²) in [7, 11) is -3.07. The van der Waals surface area contributed by atoms with E-state index in [9.17, 15) is 8.42 Å². The fourth-order valence-corrected chi connectivity index (χ4v) is 4.85. The molecule has 0 spiro atoms. The van der Waals surface area contributed by atoms with Crippen LogP contribution in [0.2, 0.25) is 0 Å². The maximum absolute atomic E-state index is 12.3. The molecule has 0 unspecified atom stereocenters. The molecule has 1 N–H and O–H groups in total. The van der Waals surface area contributed by atoms with Gasteiger partial charge in [0, 0.05) is 26.2 Å². The summed E-state index contributed by atoms with van der Waals surface area (Å²) >= 11 is 0. The average molecular weight is 392 g/mol. The van der Waals surface area contributed by atoms with Crippen molar-refractivity contribution in [3.05, 3.63) is 30.1 Å². The lowest BCUT2D eigenvalue weighted by atomic mass is 10.2. The lowest BCUT2D eigenvalue weighted by Crippen LogP contribution is -2.57. The standard InChI is InChI=1S/C19H29N5O2S/c1-5-20-18(23-12-13-27(25,26)19(3,4)14-23)21-10-11-24-15(2)22-16-8-6-7-9-17(16)24/h6-9H,5,10-14H2,1-4H3,(H,20,21). The number of sulfone groups is 1. The Morgan fingerprint density at radius 1 is 1.33 bits per heavy atom. The number of hydrogen-bond donors (Lipinski definition) is 1. The van der Waals surface area contributed by atoms with Crippen molar-refractivity contribution >= 4 is 26.8 Å². The topological polar surface area (TPSA) is 79.6 Å². The van der Waals surface area contributed by atoms with Crippen LogP contribution in [0.4, 0.5) is 0 Å². The summed E-state index contributed by atoms with van der Waals surface area (Å²) < 4.78 is 25.9. The maximum Gasteiger partial charge on any atom is 0.194 e. The van der Waals surface area contributed by atoms with Gasteiger partial charge in [0.25, 0.3) is 0 Å². The van der Waals surface area contributed by atoms with Crippen LogP contribution >= 0.6 is 0 Å². The van der Waals surface area contributed by atoms with Crippen molar-refractivity contribution in [1.82, 2.24) is 19.8 Å². The second kappa shape index (κ2) is 7.50. The van der Waals surface area contributed by atoms with Crippen LogP contribution in [0.1, 0.15) is 26.6 Å². The molecule has 2 heterocycles. The monoisotopic (exact) mass is 391 g/mol. The number of aromatic nitrogens is 2. The molecule has 1 aromatic carbocycles. The van der Waals surface area contributed by atoms with Crippen molar-refractivity contribution in [2.75, 3.05) is 31.9 Å². The zero-order valence-electron chi connectivity index (χ0n) is 16.6. The minimum absolute atomic E-state index is 0.162. The van der Waals surface area contributed by atoms with Crippen LogP contribution in [-0.4, -0.2) is 65.5 Å². The lowest BCUT2D eigenvalue weighted by Gasteiger charge is -2.39. The molecule has 0 bridgehead atoms. The number of rotatable bonds is 4. The van der Waals surface area contributed by atoms with Gasteiger partial charge in [-0.05, 0) is 39.8 Å². The van der Waals surface area contributed by atoms with Crippen molar-refractivity contribution in [1.29, 1.82) is 0 Å². The average Bonchev–Trinajstić information content (AvgIpc) is 2.92. The third kappa shape index (κ3) is 3.95. The van der Waals surface area contributed by atoms with Crippen molar-refractivity contribution in [2.45, 2.75) is 39.0 Å². The summed E-state index contributed by atoms with van der Waals surface area (Å²) in [5, 5.41) is 3.31. The Labute approximate surface area is 161 Å². The van der Waals surface area contributed by atoms with E-state index >= 15 is 0 Å². The summed E-state index contributed by atoms with van der Waals surface area (Å²) in [6.07, 6.45) is 0. The Kier molecular flexibility index (Phi) is 5.46. The number of fused-ring (bicyclic) bond motifs is 1. The fraction of sp³-hybridized carbons (Fsp3) is 0.579. The molecule has 3 rings (SSSR count). The number of aryl methyl sites for hydroxylation is 1. The van der Waals surface area contributed by atoms with Crippen LogP contribution in [0.15, 0.2) is 29.3 Å². The van der Waals surface area contributed by atoms with E-state index in [0.717, 1.165) is 35.9 Å². The van der Waals surface area contributed by atoms with Crippen molar-refractivity contribution < 1.29 is 8.42 Å². The third-order valence-electron chi connectivity index (χ3n) is 5.11. The van der Waals surface area contributed by atoms with Gasteiger partial charge in [-0.3, -0.25) is 4.99 Å². The van der Waals surface area contributed by atoms with Crippen molar-refractivity contribution in [3.8, 4) is 0 Å². The van der Waals surface area contributed by atoms with E-state index in [-0.39, 0.29) is 5.75 Å². The molecular formula is C19H29N5O2S. The Bertz CT molecular complexity index is 946. The van der Waals surface area contributed by atoms with E-state index in [1.54, 1.807) is 13.8 Å². The lowest BCUT2D eigenvalue weighted by molar-refractivity contribution is 0.353. The van der Waals surface area contributed by atoms with Gasteiger partial charge in [-0.1, -0.05) is 12.1 Å². The maximum atomic E-state index is 12.3. The number of nitrogens with one attached hydrogen (secondary N) is 1. The Morgan fingerprint density at radius 2 is 2.07 bits per heavy atom. The van der Waals surface area contributed by atoms with Crippen LogP contribution in [0.25, 0.3) is 11.0 Å². The molecule has 27 heavy (non-hydrogen) atoms. The molecule has 1 fully saturated rings. The van der Waals surface area contributed by atoms with Gasteiger partial charge < -0.3 is 14.8 Å². The first kappa shape index (κ1) is 19.7. The molecule has 148 valence electrons. The zero-order chi connectivity index (χ0) is 19.7. The van der Waals surface area contributed by atoms with Gasteiger partial charge in [0.2, 0.25) is 0 Å². The number of hydrogen-bond acceptors (Lipinski definition) is 4. The highest BCUT2D eigenvalue weighted by Gasteiger charge is 2.40. The van der Waals surface area contributed by atoms with E-state index in [1.807, 2.05) is 32.0 Å². The Balaban J connectivity index is 1.75. The minimum atomic E-state index is -3.07.